The van der Waals surface area contributed by atoms with E-state index in [-0.39, 0.29) is 12.0 Å². The van der Waals surface area contributed by atoms with Gasteiger partial charge in [0.25, 0.3) is 0 Å². The van der Waals surface area contributed by atoms with Gasteiger partial charge in [-0.2, -0.15) is 0 Å². The van der Waals surface area contributed by atoms with Crippen LogP contribution in [0.25, 0.3) is 0 Å². The highest BCUT2D eigenvalue weighted by Crippen LogP contribution is 2.32. The van der Waals surface area contributed by atoms with E-state index < -0.39 is 0 Å². The predicted molar refractivity (Wildman–Crippen MR) is 99.1 cm³/mol. The molecule has 1 heterocycles. The van der Waals surface area contributed by atoms with Gasteiger partial charge < -0.3 is 10.0 Å². The molecule has 0 aliphatic carbocycles. The Morgan fingerprint density at radius 1 is 1.39 bits per heavy atom. The van der Waals surface area contributed by atoms with Crippen molar-refractivity contribution in [3.05, 3.63) is 47.0 Å². The fraction of sp³-hybridized carbons (Fsp3) is 0.600. The normalized spacial score (nSPS) is 21.2. The summed E-state index contributed by atoms with van der Waals surface area (Å²) in [5.41, 5.74) is 2.44. The Bertz CT molecular complexity index is 523. The number of rotatable bonds is 6. The van der Waals surface area contributed by atoms with Crippen LogP contribution in [0.2, 0.25) is 5.02 Å². The molecule has 2 unspecified atom stereocenters. The van der Waals surface area contributed by atoms with Gasteiger partial charge in [-0.1, -0.05) is 44.2 Å². The lowest BCUT2D eigenvalue weighted by molar-refractivity contribution is 0.120. The van der Waals surface area contributed by atoms with Crippen molar-refractivity contribution >= 4 is 11.6 Å². The first-order chi connectivity index (χ1) is 10.8. The number of hydrogen-bond donors (Lipinski definition) is 1. The van der Waals surface area contributed by atoms with Crippen LogP contribution in [0.1, 0.15) is 45.6 Å². The Labute approximate surface area is 146 Å². The Kier molecular flexibility index (Phi) is 6.30. The molecule has 1 saturated heterocycles. The topological polar surface area (TPSA) is 23.5 Å². The third-order valence-corrected chi connectivity index (χ3v) is 5.54. The van der Waals surface area contributed by atoms with Gasteiger partial charge in [0, 0.05) is 17.6 Å². The van der Waals surface area contributed by atoms with Gasteiger partial charge in [-0.15, -0.1) is 0 Å². The first kappa shape index (κ1) is 18.5. The molecule has 2 atom stereocenters. The Balaban J connectivity index is 2.01. The number of piperidine rings is 1. The van der Waals surface area contributed by atoms with Gasteiger partial charge in [-0.05, 0) is 67.3 Å². The predicted octanol–water partition coefficient (Wildman–Crippen LogP) is 4.66. The standard InChI is InChI=1S/C20H30ClNO/c1-15(14-23)17-6-5-11-22(13-17)16(2)12-20(3,4)18-7-9-19(21)10-8-18/h7-10,16-17,23H,1,5-6,11-14H2,2-4H3. The third-order valence-electron chi connectivity index (χ3n) is 5.29. The first-order valence-corrected chi connectivity index (χ1v) is 9.00. The van der Waals surface area contributed by atoms with Gasteiger partial charge in [-0.25, -0.2) is 0 Å². The van der Waals surface area contributed by atoms with E-state index in [0.717, 1.165) is 36.5 Å². The van der Waals surface area contributed by atoms with Crippen LogP contribution in [0, 0.1) is 5.92 Å². The van der Waals surface area contributed by atoms with E-state index in [1.54, 1.807) is 0 Å². The quantitative estimate of drug-likeness (QED) is 0.764. The second-order valence-electron chi connectivity index (χ2n) is 7.59. The zero-order chi connectivity index (χ0) is 17.0. The molecule has 0 bridgehead atoms. The van der Waals surface area contributed by atoms with E-state index in [2.05, 4.69) is 44.4 Å². The van der Waals surface area contributed by atoms with Crippen LogP contribution < -0.4 is 0 Å². The fourth-order valence-electron chi connectivity index (χ4n) is 3.76. The number of aliphatic hydroxyl groups is 1. The van der Waals surface area contributed by atoms with E-state index in [1.165, 1.54) is 12.0 Å². The summed E-state index contributed by atoms with van der Waals surface area (Å²) in [5.74, 6) is 0.440. The molecule has 0 radical (unpaired) electrons. The van der Waals surface area contributed by atoms with Crippen molar-refractivity contribution in [2.24, 2.45) is 5.92 Å². The minimum absolute atomic E-state index is 0.114. The molecule has 0 saturated carbocycles. The number of likely N-dealkylation sites (tertiary alicyclic amines) is 1. The smallest absolute Gasteiger partial charge is 0.0642 e. The summed E-state index contributed by atoms with van der Waals surface area (Å²) in [7, 11) is 0. The maximum absolute atomic E-state index is 9.34. The zero-order valence-corrected chi connectivity index (χ0v) is 15.4. The summed E-state index contributed by atoms with van der Waals surface area (Å²) >= 11 is 6.01. The summed E-state index contributed by atoms with van der Waals surface area (Å²) < 4.78 is 0. The van der Waals surface area contributed by atoms with Crippen molar-refractivity contribution in [2.75, 3.05) is 19.7 Å². The molecule has 1 aromatic carbocycles. The van der Waals surface area contributed by atoms with E-state index >= 15 is 0 Å². The van der Waals surface area contributed by atoms with Crippen molar-refractivity contribution in [3.8, 4) is 0 Å². The molecular formula is C20H30ClNO. The van der Waals surface area contributed by atoms with Gasteiger partial charge in [0.2, 0.25) is 0 Å². The van der Waals surface area contributed by atoms with Gasteiger partial charge in [0.15, 0.2) is 0 Å². The molecule has 2 nitrogen and oxygen atoms in total. The van der Waals surface area contributed by atoms with Crippen molar-refractivity contribution in [1.29, 1.82) is 0 Å². The summed E-state index contributed by atoms with van der Waals surface area (Å²) in [6.45, 7) is 13.3. The molecule has 23 heavy (non-hydrogen) atoms. The fourth-order valence-corrected chi connectivity index (χ4v) is 3.88. The monoisotopic (exact) mass is 335 g/mol. The highest BCUT2D eigenvalue weighted by atomic mass is 35.5. The molecule has 1 fully saturated rings. The van der Waals surface area contributed by atoms with Crippen LogP contribution >= 0.6 is 11.6 Å². The Morgan fingerprint density at radius 3 is 2.65 bits per heavy atom. The third kappa shape index (κ3) is 4.82. The number of halogens is 1. The molecule has 3 heteroatoms. The maximum atomic E-state index is 9.34. The molecule has 1 aliphatic heterocycles. The van der Waals surface area contributed by atoms with Crippen molar-refractivity contribution in [1.82, 2.24) is 4.90 Å². The SMILES string of the molecule is C=C(CO)C1CCCN(C(C)CC(C)(C)c2ccc(Cl)cc2)C1. The Hall–Kier alpha value is -0.830. The maximum Gasteiger partial charge on any atom is 0.0642 e. The first-order valence-electron chi connectivity index (χ1n) is 8.62. The number of benzene rings is 1. The molecule has 0 spiro atoms. The molecular weight excluding hydrogens is 306 g/mol. The van der Waals surface area contributed by atoms with Gasteiger partial charge in [-0.3, -0.25) is 0 Å². The van der Waals surface area contributed by atoms with Crippen LogP contribution in [0.4, 0.5) is 0 Å². The minimum Gasteiger partial charge on any atom is -0.392 e. The van der Waals surface area contributed by atoms with Crippen LogP contribution in [0.3, 0.4) is 0 Å². The summed E-state index contributed by atoms with van der Waals surface area (Å²) in [6, 6.07) is 8.75. The molecule has 1 N–H and O–H groups in total. The molecule has 128 valence electrons. The van der Waals surface area contributed by atoms with Crippen LogP contribution in [0.15, 0.2) is 36.4 Å². The second-order valence-corrected chi connectivity index (χ2v) is 8.03. The lowest BCUT2D eigenvalue weighted by atomic mass is 9.78. The minimum atomic E-state index is 0.114. The summed E-state index contributed by atoms with van der Waals surface area (Å²) in [5, 5.41) is 10.1. The number of aliphatic hydroxyl groups excluding tert-OH is 1. The summed E-state index contributed by atoms with van der Waals surface area (Å²) in [4.78, 5) is 2.56. The zero-order valence-electron chi connectivity index (χ0n) is 14.7. The molecule has 0 aromatic heterocycles. The van der Waals surface area contributed by atoms with Crippen molar-refractivity contribution in [2.45, 2.75) is 51.5 Å². The molecule has 1 aliphatic rings. The van der Waals surface area contributed by atoms with Gasteiger partial charge in [0.1, 0.15) is 0 Å². The lowest BCUT2D eigenvalue weighted by Crippen LogP contribution is -2.44. The summed E-state index contributed by atoms with van der Waals surface area (Å²) in [6.07, 6.45) is 3.45. The second kappa shape index (κ2) is 7.83. The Morgan fingerprint density at radius 2 is 2.04 bits per heavy atom. The highest BCUT2D eigenvalue weighted by Gasteiger charge is 2.29. The molecule has 1 aromatic rings. The number of hydrogen-bond acceptors (Lipinski definition) is 2. The molecule has 0 amide bonds. The van der Waals surface area contributed by atoms with E-state index in [1.807, 2.05) is 12.1 Å². The van der Waals surface area contributed by atoms with Crippen molar-refractivity contribution < 1.29 is 5.11 Å². The van der Waals surface area contributed by atoms with E-state index in [4.69, 9.17) is 11.6 Å². The van der Waals surface area contributed by atoms with Gasteiger partial charge >= 0.3 is 0 Å². The van der Waals surface area contributed by atoms with Crippen LogP contribution in [-0.2, 0) is 5.41 Å². The molecule has 2 rings (SSSR count). The van der Waals surface area contributed by atoms with E-state index in [0.29, 0.717) is 12.0 Å². The highest BCUT2D eigenvalue weighted by molar-refractivity contribution is 6.30. The van der Waals surface area contributed by atoms with Crippen LogP contribution in [-0.4, -0.2) is 35.7 Å². The largest absolute Gasteiger partial charge is 0.392 e. The average molecular weight is 336 g/mol. The van der Waals surface area contributed by atoms with Crippen LogP contribution in [0.5, 0.6) is 0 Å². The van der Waals surface area contributed by atoms with E-state index in [9.17, 15) is 5.11 Å². The average Bonchev–Trinajstić information content (AvgIpc) is 2.54. The number of nitrogens with zero attached hydrogens (tertiary/aromatic N) is 1. The van der Waals surface area contributed by atoms with Crippen molar-refractivity contribution in [3.63, 3.8) is 0 Å². The van der Waals surface area contributed by atoms with Gasteiger partial charge in [0.05, 0.1) is 6.61 Å². The lowest BCUT2D eigenvalue weighted by Gasteiger charge is -2.40.